The van der Waals surface area contributed by atoms with E-state index in [1.165, 1.54) is 82.3 Å². The molecule has 0 unspecified atom stereocenters. The van der Waals surface area contributed by atoms with Crippen LogP contribution in [0.4, 0.5) is 5.69 Å². The second kappa shape index (κ2) is 9.64. The van der Waals surface area contributed by atoms with Gasteiger partial charge in [-0.1, -0.05) is 37.8 Å². The molecule has 5 nitrogen and oxygen atoms in total. The van der Waals surface area contributed by atoms with Crippen molar-refractivity contribution in [1.82, 2.24) is 10.2 Å². The predicted octanol–water partition coefficient (Wildman–Crippen LogP) is 3.35. The highest BCUT2D eigenvalue weighted by Crippen LogP contribution is 2.30. The number of nitrogens with two attached hydrogens (primary N) is 1. The number of piperazine rings is 1. The first-order valence-corrected chi connectivity index (χ1v) is 11.4. The monoisotopic (exact) mass is 383 g/mol. The summed E-state index contributed by atoms with van der Waals surface area (Å²) in [5.74, 6) is 1.60. The Kier molecular flexibility index (Phi) is 6.73. The molecular formula is C23H37N5. The number of rotatable bonds is 6. The van der Waals surface area contributed by atoms with Crippen LogP contribution in [0.3, 0.4) is 0 Å². The van der Waals surface area contributed by atoms with Crippen LogP contribution in [0.1, 0.15) is 56.9 Å². The van der Waals surface area contributed by atoms with Crippen LogP contribution in [0, 0.1) is 5.92 Å². The third kappa shape index (κ3) is 5.87. The summed E-state index contributed by atoms with van der Waals surface area (Å²) >= 11 is 0. The van der Waals surface area contributed by atoms with Gasteiger partial charge in [0.2, 0.25) is 0 Å². The van der Waals surface area contributed by atoms with Crippen LogP contribution in [0.2, 0.25) is 0 Å². The lowest BCUT2D eigenvalue weighted by molar-refractivity contribution is 0.248. The van der Waals surface area contributed by atoms with E-state index in [4.69, 9.17) is 5.73 Å². The van der Waals surface area contributed by atoms with E-state index >= 15 is 0 Å². The predicted molar refractivity (Wildman–Crippen MR) is 118 cm³/mol. The maximum absolute atomic E-state index is 6.13. The number of nitrogens with one attached hydrogen (secondary N) is 1. The molecule has 1 aromatic rings. The summed E-state index contributed by atoms with van der Waals surface area (Å²) in [4.78, 5) is 9.72. The number of anilines is 1. The Morgan fingerprint density at radius 1 is 0.929 bits per heavy atom. The lowest BCUT2D eigenvalue weighted by Gasteiger charge is -2.36. The number of hydrogen-bond donors (Lipinski definition) is 2. The summed E-state index contributed by atoms with van der Waals surface area (Å²) in [5, 5.41) is 3.43. The topological polar surface area (TPSA) is 56.9 Å². The van der Waals surface area contributed by atoms with Gasteiger partial charge in [0.05, 0.1) is 6.54 Å². The zero-order chi connectivity index (χ0) is 19.2. The maximum atomic E-state index is 6.13. The highest BCUT2D eigenvalue weighted by molar-refractivity contribution is 5.78. The molecule has 3 aliphatic rings. The third-order valence-corrected chi connectivity index (χ3v) is 6.53. The Morgan fingerprint density at radius 2 is 1.61 bits per heavy atom. The Bertz CT molecular complexity index is 621. The first-order chi connectivity index (χ1) is 13.8. The van der Waals surface area contributed by atoms with Crippen LogP contribution in [-0.2, 0) is 6.54 Å². The first kappa shape index (κ1) is 19.6. The molecule has 154 valence electrons. The van der Waals surface area contributed by atoms with Crippen LogP contribution in [0.5, 0.6) is 0 Å². The minimum Gasteiger partial charge on any atom is -0.370 e. The zero-order valence-electron chi connectivity index (χ0n) is 17.3. The van der Waals surface area contributed by atoms with Gasteiger partial charge in [0.1, 0.15) is 0 Å². The number of aliphatic imine (C=N–C) groups is 1. The average molecular weight is 384 g/mol. The van der Waals surface area contributed by atoms with E-state index < -0.39 is 0 Å². The second-order valence-electron chi connectivity index (χ2n) is 8.93. The highest BCUT2D eigenvalue weighted by atomic mass is 15.3. The molecule has 0 atom stereocenters. The molecule has 28 heavy (non-hydrogen) atoms. The normalized spacial score (nSPS) is 22.9. The summed E-state index contributed by atoms with van der Waals surface area (Å²) in [6.07, 6.45) is 10.7. The van der Waals surface area contributed by atoms with Crippen molar-refractivity contribution in [2.45, 2.75) is 64.0 Å². The minimum atomic E-state index is 0.507. The Hall–Kier alpha value is -1.75. The van der Waals surface area contributed by atoms with Gasteiger partial charge < -0.3 is 16.0 Å². The fourth-order valence-corrected chi connectivity index (χ4v) is 4.52. The number of guanidine groups is 1. The molecule has 4 rings (SSSR count). The van der Waals surface area contributed by atoms with Crippen molar-refractivity contribution >= 4 is 11.6 Å². The quantitative estimate of drug-likeness (QED) is 0.449. The molecule has 3 fully saturated rings. The van der Waals surface area contributed by atoms with Crippen molar-refractivity contribution in [2.75, 3.05) is 37.6 Å². The molecule has 1 saturated heterocycles. The minimum absolute atomic E-state index is 0.507. The molecule has 3 N–H and O–H groups in total. The Labute approximate surface area is 170 Å². The standard InChI is InChI=1S/C23H37N5/c24-23(26-21-5-3-1-2-4-6-21)25-17-19-9-11-22(12-10-19)28-15-13-27(14-16-28)18-20-7-8-20/h9-12,20-21H,1-8,13-18H2,(H3,24,25,26). The lowest BCUT2D eigenvalue weighted by Crippen LogP contribution is -2.47. The van der Waals surface area contributed by atoms with Gasteiger partial charge in [0, 0.05) is 44.5 Å². The van der Waals surface area contributed by atoms with Crippen LogP contribution in [0.15, 0.2) is 29.3 Å². The maximum Gasteiger partial charge on any atom is 0.189 e. The fourth-order valence-electron chi connectivity index (χ4n) is 4.52. The van der Waals surface area contributed by atoms with Crippen molar-refractivity contribution in [3.63, 3.8) is 0 Å². The van der Waals surface area contributed by atoms with E-state index in [1.54, 1.807) is 0 Å². The summed E-state index contributed by atoms with van der Waals surface area (Å²) in [6.45, 7) is 6.66. The van der Waals surface area contributed by atoms with E-state index in [9.17, 15) is 0 Å². The molecule has 0 radical (unpaired) electrons. The molecular weight excluding hydrogens is 346 g/mol. The van der Waals surface area contributed by atoms with Crippen molar-refractivity contribution < 1.29 is 0 Å². The van der Waals surface area contributed by atoms with Gasteiger partial charge >= 0.3 is 0 Å². The molecule has 2 aliphatic carbocycles. The highest BCUT2D eigenvalue weighted by Gasteiger charge is 2.26. The summed E-state index contributed by atoms with van der Waals surface area (Å²) in [6, 6.07) is 9.40. The first-order valence-electron chi connectivity index (χ1n) is 11.4. The zero-order valence-corrected chi connectivity index (χ0v) is 17.3. The van der Waals surface area contributed by atoms with Gasteiger partial charge in [0.25, 0.3) is 0 Å². The molecule has 0 spiro atoms. The van der Waals surface area contributed by atoms with E-state index in [-0.39, 0.29) is 0 Å². The average Bonchev–Trinajstić information content (AvgIpc) is 3.56. The molecule has 1 aromatic carbocycles. The van der Waals surface area contributed by atoms with Crippen molar-refractivity contribution in [3.05, 3.63) is 29.8 Å². The van der Waals surface area contributed by atoms with Gasteiger partial charge in [-0.15, -0.1) is 0 Å². The Balaban J connectivity index is 1.22. The van der Waals surface area contributed by atoms with Gasteiger partial charge in [-0.05, 0) is 49.3 Å². The number of benzene rings is 1. The van der Waals surface area contributed by atoms with Crippen LogP contribution < -0.4 is 16.0 Å². The Morgan fingerprint density at radius 3 is 2.25 bits per heavy atom. The number of hydrogen-bond acceptors (Lipinski definition) is 3. The molecule has 0 aromatic heterocycles. The molecule has 1 aliphatic heterocycles. The van der Waals surface area contributed by atoms with Crippen molar-refractivity contribution in [3.8, 4) is 0 Å². The summed E-state index contributed by atoms with van der Waals surface area (Å²) in [7, 11) is 0. The molecule has 5 heteroatoms. The largest absolute Gasteiger partial charge is 0.370 e. The fraction of sp³-hybridized carbons (Fsp3) is 0.696. The third-order valence-electron chi connectivity index (χ3n) is 6.53. The van der Waals surface area contributed by atoms with Crippen molar-refractivity contribution in [2.24, 2.45) is 16.6 Å². The van der Waals surface area contributed by atoms with Crippen LogP contribution in [0.25, 0.3) is 0 Å². The summed E-state index contributed by atoms with van der Waals surface area (Å²) < 4.78 is 0. The van der Waals surface area contributed by atoms with E-state index in [1.807, 2.05) is 0 Å². The van der Waals surface area contributed by atoms with Crippen LogP contribution in [-0.4, -0.2) is 49.6 Å². The van der Waals surface area contributed by atoms with E-state index in [0.717, 1.165) is 19.0 Å². The van der Waals surface area contributed by atoms with E-state index in [2.05, 4.69) is 44.4 Å². The second-order valence-corrected chi connectivity index (χ2v) is 8.93. The SMILES string of the molecule is NC(=NCc1ccc(N2CCN(CC3CC3)CC2)cc1)NC1CCCCCC1. The molecule has 0 bridgehead atoms. The smallest absolute Gasteiger partial charge is 0.189 e. The molecule has 1 heterocycles. The number of nitrogens with zero attached hydrogens (tertiary/aromatic N) is 3. The summed E-state index contributed by atoms with van der Waals surface area (Å²) in [5.41, 5.74) is 8.69. The lowest BCUT2D eigenvalue weighted by atomic mass is 10.1. The van der Waals surface area contributed by atoms with Gasteiger partial charge in [-0.25, -0.2) is 4.99 Å². The van der Waals surface area contributed by atoms with E-state index in [0.29, 0.717) is 18.5 Å². The van der Waals surface area contributed by atoms with Crippen LogP contribution >= 0.6 is 0 Å². The van der Waals surface area contributed by atoms with Crippen molar-refractivity contribution in [1.29, 1.82) is 0 Å². The molecule has 2 saturated carbocycles. The van der Waals surface area contributed by atoms with Gasteiger partial charge in [-0.3, -0.25) is 4.90 Å². The molecule has 0 amide bonds. The van der Waals surface area contributed by atoms with Gasteiger partial charge in [0.15, 0.2) is 5.96 Å². The van der Waals surface area contributed by atoms with Gasteiger partial charge in [-0.2, -0.15) is 0 Å².